The van der Waals surface area contributed by atoms with Crippen LogP contribution in [0, 0.1) is 11.8 Å². The summed E-state index contributed by atoms with van der Waals surface area (Å²) < 4.78 is 0. The quantitative estimate of drug-likeness (QED) is 0.473. The summed E-state index contributed by atoms with van der Waals surface area (Å²) in [4.78, 5) is 10.4. The van der Waals surface area contributed by atoms with Crippen LogP contribution in [0.5, 0.6) is 0 Å². The Kier molecular flexibility index (Phi) is 4.56. The van der Waals surface area contributed by atoms with Gasteiger partial charge < -0.3 is 10.4 Å². The maximum absolute atomic E-state index is 10.4. The molecule has 0 spiro atoms. The highest BCUT2D eigenvalue weighted by molar-refractivity contribution is 5.93. The van der Waals surface area contributed by atoms with Gasteiger partial charge in [0.25, 0.3) is 5.91 Å². The second kappa shape index (κ2) is 5.13. The minimum absolute atomic E-state index is 0.0445. The van der Waals surface area contributed by atoms with Crippen LogP contribution in [0.4, 0.5) is 0 Å². The number of hydrogen-bond donors (Lipinski definition) is 2. The number of hydrogen-bond acceptors (Lipinski definition) is 2. The fraction of sp³-hybridized carbons (Fsp3) is 0.500. The molecule has 0 fully saturated rings. The van der Waals surface area contributed by atoms with E-state index >= 15 is 0 Å². The predicted octanol–water partition coefficient (Wildman–Crippen LogP) is -0.882. The molecule has 0 aliphatic carbocycles. The number of carbonyl (C=O) groups is 1. The van der Waals surface area contributed by atoms with Gasteiger partial charge in [0.2, 0.25) is 0 Å². The molecule has 0 unspecified atom stereocenters. The van der Waals surface area contributed by atoms with E-state index in [9.17, 15) is 4.79 Å². The van der Waals surface area contributed by atoms with E-state index in [1.54, 1.807) is 6.92 Å². The van der Waals surface area contributed by atoms with Crippen LogP contribution in [0.2, 0.25) is 0 Å². The molecule has 0 aromatic heterocycles. The standard InChI is InChI=1S/C6H9NO2/c1-2-3-6(9)7-4-5-8/h8H,4-5H2,1H3,(H,7,9). The van der Waals surface area contributed by atoms with Crippen molar-refractivity contribution in [3.63, 3.8) is 0 Å². The lowest BCUT2D eigenvalue weighted by atomic mass is 10.5. The van der Waals surface area contributed by atoms with Gasteiger partial charge in [0.15, 0.2) is 0 Å². The second-order valence-electron chi connectivity index (χ2n) is 1.35. The molecule has 0 atom stereocenters. The van der Waals surface area contributed by atoms with E-state index in [1.807, 2.05) is 0 Å². The Bertz CT molecular complexity index is 143. The third-order valence-electron chi connectivity index (χ3n) is 0.636. The minimum atomic E-state index is -0.341. The first kappa shape index (κ1) is 7.99. The molecular formula is C6H9NO2. The highest BCUT2D eigenvalue weighted by Gasteiger charge is 1.89. The Morgan fingerprint density at radius 1 is 1.78 bits per heavy atom. The molecule has 0 aliphatic heterocycles. The van der Waals surface area contributed by atoms with Crippen molar-refractivity contribution in [3.05, 3.63) is 0 Å². The summed E-state index contributed by atoms with van der Waals surface area (Å²) in [5, 5.41) is 10.6. The summed E-state index contributed by atoms with van der Waals surface area (Å²) in [6.45, 7) is 1.81. The third-order valence-corrected chi connectivity index (χ3v) is 0.636. The molecule has 0 saturated carbocycles. The lowest BCUT2D eigenvalue weighted by Crippen LogP contribution is -2.24. The fourth-order valence-corrected chi connectivity index (χ4v) is 0.327. The molecule has 0 aliphatic rings. The van der Waals surface area contributed by atoms with E-state index in [0.29, 0.717) is 0 Å². The molecule has 0 bridgehead atoms. The molecular weight excluding hydrogens is 118 g/mol. The van der Waals surface area contributed by atoms with Crippen LogP contribution in [0.1, 0.15) is 6.92 Å². The van der Waals surface area contributed by atoms with Crippen molar-refractivity contribution in [2.45, 2.75) is 6.92 Å². The predicted molar refractivity (Wildman–Crippen MR) is 33.5 cm³/mol. The summed E-state index contributed by atoms with van der Waals surface area (Å²) in [5.74, 6) is 4.36. The van der Waals surface area contributed by atoms with Crippen molar-refractivity contribution in [1.82, 2.24) is 5.32 Å². The van der Waals surface area contributed by atoms with Gasteiger partial charge in [0.1, 0.15) is 0 Å². The molecule has 50 valence electrons. The molecule has 0 aromatic carbocycles. The third kappa shape index (κ3) is 4.85. The molecule has 0 heterocycles. The average molecular weight is 127 g/mol. The van der Waals surface area contributed by atoms with E-state index in [4.69, 9.17) is 5.11 Å². The molecule has 9 heavy (non-hydrogen) atoms. The lowest BCUT2D eigenvalue weighted by molar-refractivity contribution is -0.115. The van der Waals surface area contributed by atoms with Crippen molar-refractivity contribution in [2.75, 3.05) is 13.2 Å². The maximum Gasteiger partial charge on any atom is 0.295 e. The van der Waals surface area contributed by atoms with Gasteiger partial charge in [-0.15, -0.1) is 0 Å². The van der Waals surface area contributed by atoms with Gasteiger partial charge in [-0.05, 0) is 12.8 Å². The van der Waals surface area contributed by atoms with Crippen LogP contribution < -0.4 is 5.32 Å². The summed E-state index contributed by atoms with van der Waals surface area (Å²) in [5.41, 5.74) is 0. The second-order valence-corrected chi connectivity index (χ2v) is 1.35. The van der Waals surface area contributed by atoms with Crippen molar-refractivity contribution < 1.29 is 9.90 Å². The Balaban J connectivity index is 3.35. The van der Waals surface area contributed by atoms with Crippen LogP contribution >= 0.6 is 0 Å². The molecule has 0 saturated heterocycles. The number of rotatable bonds is 2. The van der Waals surface area contributed by atoms with Crippen LogP contribution in [0.25, 0.3) is 0 Å². The molecule has 2 N–H and O–H groups in total. The number of carbonyl (C=O) groups excluding carboxylic acids is 1. The van der Waals surface area contributed by atoms with E-state index in [2.05, 4.69) is 17.2 Å². The Labute approximate surface area is 54.1 Å². The first-order chi connectivity index (χ1) is 4.31. The minimum Gasteiger partial charge on any atom is -0.395 e. The van der Waals surface area contributed by atoms with Crippen molar-refractivity contribution >= 4 is 5.91 Å². The molecule has 3 nitrogen and oxygen atoms in total. The van der Waals surface area contributed by atoms with Crippen LogP contribution in [-0.4, -0.2) is 24.2 Å². The molecule has 0 rings (SSSR count). The normalized spacial score (nSPS) is 7.33. The molecule has 0 aromatic rings. The first-order valence-electron chi connectivity index (χ1n) is 2.62. The summed E-state index contributed by atoms with van der Waals surface area (Å²) in [7, 11) is 0. The largest absolute Gasteiger partial charge is 0.395 e. The van der Waals surface area contributed by atoms with Crippen LogP contribution in [0.3, 0.4) is 0 Å². The zero-order valence-electron chi connectivity index (χ0n) is 5.27. The summed E-state index contributed by atoms with van der Waals surface area (Å²) >= 11 is 0. The van der Waals surface area contributed by atoms with Crippen molar-refractivity contribution in [3.8, 4) is 11.8 Å². The van der Waals surface area contributed by atoms with E-state index in [1.165, 1.54) is 0 Å². The Morgan fingerprint density at radius 3 is 2.89 bits per heavy atom. The van der Waals surface area contributed by atoms with Crippen LogP contribution in [-0.2, 0) is 4.79 Å². The Morgan fingerprint density at radius 2 is 2.44 bits per heavy atom. The number of nitrogens with one attached hydrogen (secondary N) is 1. The smallest absolute Gasteiger partial charge is 0.295 e. The lowest BCUT2D eigenvalue weighted by Gasteiger charge is -1.92. The van der Waals surface area contributed by atoms with Crippen LogP contribution in [0.15, 0.2) is 0 Å². The van der Waals surface area contributed by atoms with Gasteiger partial charge in [0.05, 0.1) is 6.61 Å². The van der Waals surface area contributed by atoms with Crippen molar-refractivity contribution in [1.29, 1.82) is 0 Å². The fourth-order valence-electron chi connectivity index (χ4n) is 0.327. The zero-order valence-corrected chi connectivity index (χ0v) is 5.27. The molecule has 3 heteroatoms. The maximum atomic E-state index is 10.4. The van der Waals surface area contributed by atoms with Gasteiger partial charge in [0, 0.05) is 6.54 Å². The van der Waals surface area contributed by atoms with Gasteiger partial charge in [-0.1, -0.05) is 5.92 Å². The zero-order chi connectivity index (χ0) is 7.11. The van der Waals surface area contributed by atoms with E-state index in [0.717, 1.165) is 0 Å². The summed E-state index contributed by atoms with van der Waals surface area (Å²) in [6, 6.07) is 0. The van der Waals surface area contributed by atoms with Gasteiger partial charge in [-0.25, -0.2) is 0 Å². The topological polar surface area (TPSA) is 49.3 Å². The average Bonchev–Trinajstić information content (AvgIpc) is 1.85. The SMILES string of the molecule is CC#CC(=O)NCCO. The van der Waals surface area contributed by atoms with Gasteiger partial charge in [-0.2, -0.15) is 0 Å². The summed E-state index contributed by atoms with van der Waals surface area (Å²) in [6.07, 6.45) is 0. The monoisotopic (exact) mass is 127 g/mol. The van der Waals surface area contributed by atoms with Gasteiger partial charge >= 0.3 is 0 Å². The van der Waals surface area contributed by atoms with E-state index < -0.39 is 0 Å². The Hall–Kier alpha value is -1.01. The highest BCUT2D eigenvalue weighted by atomic mass is 16.3. The number of aliphatic hydroxyl groups excluding tert-OH is 1. The number of aliphatic hydroxyl groups is 1. The first-order valence-corrected chi connectivity index (χ1v) is 2.62. The highest BCUT2D eigenvalue weighted by Crippen LogP contribution is 1.60. The molecule has 1 amide bonds. The number of amides is 1. The van der Waals surface area contributed by atoms with Gasteiger partial charge in [-0.3, -0.25) is 4.79 Å². The van der Waals surface area contributed by atoms with Crippen molar-refractivity contribution in [2.24, 2.45) is 0 Å². The molecule has 0 radical (unpaired) electrons. The van der Waals surface area contributed by atoms with E-state index in [-0.39, 0.29) is 19.1 Å².